The van der Waals surface area contributed by atoms with E-state index in [9.17, 15) is 9.90 Å². The zero-order valence-electron chi connectivity index (χ0n) is 23.6. The summed E-state index contributed by atoms with van der Waals surface area (Å²) < 4.78 is 1.99. The summed E-state index contributed by atoms with van der Waals surface area (Å²) in [6.45, 7) is 4.01. The van der Waals surface area contributed by atoms with Crippen molar-refractivity contribution in [2.24, 2.45) is 5.92 Å². The smallest absolute Gasteiger partial charge is 0.256 e. The molecule has 5 rings (SSSR count). The average Bonchev–Trinajstić information content (AvgIpc) is 3.51. The molecule has 9 nitrogen and oxygen atoms in total. The fourth-order valence-electron chi connectivity index (χ4n) is 5.02. The van der Waals surface area contributed by atoms with E-state index >= 15 is 0 Å². The van der Waals surface area contributed by atoms with Crippen LogP contribution in [0.15, 0.2) is 73.3 Å². The standard InChI is InChI=1S/C32H39N7O2/c1-2-3-17-33-32-36-20-28(30(38-32)34-18-24-11-15-27(40)16-12-24)31(41)35-19-23-9-13-26(14-10-23)39-21-29(37-22-39)25-7-5-4-6-8-25/h4-10,13-14,20-22,24,27,40H,2-3,11-12,15-19H2,1H3,(H,35,41)(H2,33,34,36,38). The number of carbonyl (C=O) groups excluding carboxylic acids is 1. The SMILES string of the molecule is CCCCNc1ncc(C(=O)NCc2ccc(-n3cnc(-c4ccccc4)c3)cc2)c(NCC2CCC(O)CC2)n1. The molecule has 0 saturated heterocycles. The van der Waals surface area contributed by atoms with Gasteiger partial charge in [0.2, 0.25) is 5.95 Å². The molecule has 1 aliphatic carbocycles. The van der Waals surface area contributed by atoms with Crippen LogP contribution >= 0.6 is 0 Å². The van der Waals surface area contributed by atoms with E-state index in [4.69, 9.17) is 0 Å². The van der Waals surface area contributed by atoms with Gasteiger partial charge in [-0.15, -0.1) is 0 Å². The van der Waals surface area contributed by atoms with Gasteiger partial charge in [0.25, 0.3) is 5.91 Å². The number of aliphatic hydroxyl groups is 1. The molecule has 0 atom stereocenters. The third kappa shape index (κ3) is 7.70. The fourth-order valence-corrected chi connectivity index (χ4v) is 5.02. The van der Waals surface area contributed by atoms with Crippen LogP contribution in [0.4, 0.5) is 11.8 Å². The molecule has 9 heteroatoms. The van der Waals surface area contributed by atoms with Crippen molar-refractivity contribution in [3.05, 3.63) is 84.4 Å². The van der Waals surface area contributed by atoms with Gasteiger partial charge >= 0.3 is 0 Å². The summed E-state index contributed by atoms with van der Waals surface area (Å²) in [5.41, 5.74) is 4.40. The summed E-state index contributed by atoms with van der Waals surface area (Å²) in [6.07, 6.45) is 10.9. The van der Waals surface area contributed by atoms with Gasteiger partial charge in [-0.25, -0.2) is 9.97 Å². The van der Waals surface area contributed by atoms with Gasteiger partial charge in [0.15, 0.2) is 0 Å². The molecule has 1 fully saturated rings. The third-order valence-electron chi connectivity index (χ3n) is 7.56. The van der Waals surface area contributed by atoms with E-state index in [1.165, 1.54) is 0 Å². The molecule has 0 unspecified atom stereocenters. The first-order chi connectivity index (χ1) is 20.1. The molecule has 41 heavy (non-hydrogen) atoms. The number of nitrogens with zero attached hydrogens (tertiary/aromatic N) is 4. The second-order valence-electron chi connectivity index (χ2n) is 10.7. The molecule has 2 heterocycles. The van der Waals surface area contributed by atoms with Gasteiger partial charge in [-0.1, -0.05) is 55.8 Å². The monoisotopic (exact) mass is 553 g/mol. The predicted octanol–water partition coefficient (Wildman–Crippen LogP) is 5.43. The molecule has 1 amide bonds. The Morgan fingerprint density at radius 1 is 1.00 bits per heavy atom. The lowest BCUT2D eigenvalue weighted by Crippen LogP contribution is -2.27. The summed E-state index contributed by atoms with van der Waals surface area (Å²) in [5, 5.41) is 19.5. The topological polar surface area (TPSA) is 117 Å². The van der Waals surface area contributed by atoms with Crippen LogP contribution < -0.4 is 16.0 Å². The predicted molar refractivity (Wildman–Crippen MR) is 162 cm³/mol. The molecule has 1 aliphatic rings. The molecule has 0 bridgehead atoms. The number of rotatable bonds is 12. The molecule has 4 aromatic rings. The van der Waals surface area contributed by atoms with Crippen molar-refractivity contribution in [3.8, 4) is 16.9 Å². The number of amides is 1. The average molecular weight is 554 g/mol. The van der Waals surface area contributed by atoms with Crippen molar-refractivity contribution in [1.82, 2.24) is 24.8 Å². The maximum atomic E-state index is 13.2. The van der Waals surface area contributed by atoms with Gasteiger partial charge in [-0.3, -0.25) is 4.79 Å². The Hall–Kier alpha value is -4.24. The van der Waals surface area contributed by atoms with Crippen LogP contribution in [0.1, 0.15) is 61.4 Å². The number of carbonyl (C=O) groups is 1. The highest BCUT2D eigenvalue weighted by Crippen LogP contribution is 2.25. The van der Waals surface area contributed by atoms with Crippen LogP contribution in [0.2, 0.25) is 0 Å². The van der Waals surface area contributed by atoms with E-state index in [1.54, 1.807) is 6.20 Å². The highest BCUT2D eigenvalue weighted by molar-refractivity contribution is 5.98. The van der Waals surface area contributed by atoms with E-state index in [0.29, 0.717) is 36.3 Å². The van der Waals surface area contributed by atoms with Crippen molar-refractivity contribution < 1.29 is 9.90 Å². The molecule has 0 spiro atoms. The molecule has 1 saturated carbocycles. The molecule has 0 radical (unpaired) electrons. The quantitative estimate of drug-likeness (QED) is 0.173. The number of anilines is 2. The summed E-state index contributed by atoms with van der Waals surface area (Å²) >= 11 is 0. The maximum absolute atomic E-state index is 13.2. The maximum Gasteiger partial charge on any atom is 0.256 e. The minimum atomic E-state index is -0.224. The summed E-state index contributed by atoms with van der Waals surface area (Å²) in [7, 11) is 0. The van der Waals surface area contributed by atoms with Crippen molar-refractivity contribution in [1.29, 1.82) is 0 Å². The van der Waals surface area contributed by atoms with Crippen LogP contribution in [0, 0.1) is 5.92 Å². The highest BCUT2D eigenvalue weighted by Gasteiger charge is 2.21. The first-order valence-electron chi connectivity index (χ1n) is 14.6. The van der Waals surface area contributed by atoms with Crippen LogP contribution in [0.25, 0.3) is 16.9 Å². The summed E-state index contributed by atoms with van der Waals surface area (Å²) in [6, 6.07) is 18.1. The van der Waals surface area contributed by atoms with Gasteiger partial charge in [-0.2, -0.15) is 4.98 Å². The molecule has 0 aliphatic heterocycles. The van der Waals surface area contributed by atoms with Gasteiger partial charge in [-0.05, 0) is 55.7 Å². The van der Waals surface area contributed by atoms with Gasteiger partial charge in [0, 0.05) is 43.3 Å². The number of hydrogen-bond acceptors (Lipinski definition) is 7. The number of nitrogens with one attached hydrogen (secondary N) is 3. The van der Waals surface area contributed by atoms with Crippen molar-refractivity contribution in [3.63, 3.8) is 0 Å². The minimum absolute atomic E-state index is 0.193. The molecule has 2 aromatic heterocycles. The van der Waals surface area contributed by atoms with Gasteiger partial charge < -0.3 is 25.6 Å². The number of unbranched alkanes of at least 4 members (excludes halogenated alkanes) is 1. The fraction of sp³-hybridized carbons (Fsp3) is 0.375. The zero-order chi connectivity index (χ0) is 28.4. The Kier molecular flexibility index (Phi) is 9.59. The largest absolute Gasteiger partial charge is 0.393 e. The van der Waals surface area contributed by atoms with Crippen LogP contribution in [0.3, 0.4) is 0 Å². The van der Waals surface area contributed by atoms with Crippen molar-refractivity contribution >= 4 is 17.7 Å². The number of aliphatic hydroxyl groups excluding tert-OH is 1. The minimum Gasteiger partial charge on any atom is -0.393 e. The second-order valence-corrected chi connectivity index (χ2v) is 10.7. The Balaban J connectivity index is 1.21. The van der Waals surface area contributed by atoms with Crippen LogP contribution in [-0.2, 0) is 6.54 Å². The molecule has 2 aromatic carbocycles. The number of hydrogen-bond donors (Lipinski definition) is 4. The zero-order valence-corrected chi connectivity index (χ0v) is 23.6. The molecule has 4 N–H and O–H groups in total. The number of imidazole rings is 1. The van der Waals surface area contributed by atoms with Gasteiger partial charge in [0.1, 0.15) is 11.4 Å². The normalized spacial score (nSPS) is 16.7. The Morgan fingerprint density at radius 2 is 1.78 bits per heavy atom. The van der Waals surface area contributed by atoms with E-state index in [1.807, 2.05) is 71.7 Å². The van der Waals surface area contributed by atoms with Crippen LogP contribution in [-0.4, -0.2) is 49.7 Å². The number of aromatic nitrogens is 4. The lowest BCUT2D eigenvalue weighted by atomic mass is 9.87. The van der Waals surface area contributed by atoms with E-state index in [2.05, 4.69) is 37.8 Å². The Bertz CT molecular complexity index is 1400. The van der Waals surface area contributed by atoms with Gasteiger partial charge in [0.05, 0.1) is 18.1 Å². The van der Waals surface area contributed by atoms with E-state index in [0.717, 1.165) is 67.6 Å². The summed E-state index contributed by atoms with van der Waals surface area (Å²) in [4.78, 5) is 26.8. The number of benzene rings is 2. The first kappa shape index (κ1) is 28.3. The second kappa shape index (κ2) is 13.9. The molecule has 214 valence electrons. The highest BCUT2D eigenvalue weighted by atomic mass is 16.3. The third-order valence-corrected chi connectivity index (χ3v) is 7.56. The lowest BCUT2D eigenvalue weighted by molar-refractivity contribution is 0.0951. The Labute approximate surface area is 241 Å². The van der Waals surface area contributed by atoms with Crippen LogP contribution in [0.5, 0.6) is 0 Å². The van der Waals surface area contributed by atoms with E-state index in [-0.39, 0.29) is 12.0 Å². The molecular formula is C32H39N7O2. The van der Waals surface area contributed by atoms with E-state index < -0.39 is 0 Å². The van der Waals surface area contributed by atoms with Crippen molar-refractivity contribution in [2.45, 2.75) is 58.1 Å². The Morgan fingerprint density at radius 3 is 2.54 bits per heavy atom. The van der Waals surface area contributed by atoms with Crippen molar-refractivity contribution in [2.75, 3.05) is 23.7 Å². The summed E-state index contributed by atoms with van der Waals surface area (Å²) in [5.74, 6) is 1.27. The lowest BCUT2D eigenvalue weighted by Gasteiger charge is -2.26. The first-order valence-corrected chi connectivity index (χ1v) is 14.6. The molecular weight excluding hydrogens is 514 g/mol.